The summed E-state index contributed by atoms with van der Waals surface area (Å²) in [6, 6.07) is 4.52. The van der Waals surface area contributed by atoms with Gasteiger partial charge in [-0.3, -0.25) is 0 Å². The normalized spacial score (nSPS) is 20.6. The summed E-state index contributed by atoms with van der Waals surface area (Å²) >= 11 is 0. The second-order valence-corrected chi connectivity index (χ2v) is 4.47. The first-order chi connectivity index (χ1) is 8.26. The summed E-state index contributed by atoms with van der Waals surface area (Å²) in [4.78, 5) is 7.00. The predicted molar refractivity (Wildman–Crippen MR) is 69.1 cm³/mol. The highest BCUT2D eigenvalue weighted by molar-refractivity contribution is 5.49. The maximum atomic E-state index is 5.80. The second kappa shape index (κ2) is 5.47. The molecule has 0 aromatic carbocycles. The van der Waals surface area contributed by atoms with Crippen LogP contribution in [0.15, 0.2) is 12.1 Å². The van der Waals surface area contributed by atoms with Gasteiger partial charge in [0.2, 0.25) is 0 Å². The molecule has 4 heteroatoms. The lowest BCUT2D eigenvalue weighted by molar-refractivity contribution is 0.0924. The third kappa shape index (κ3) is 2.58. The van der Waals surface area contributed by atoms with Crippen molar-refractivity contribution in [3.05, 3.63) is 23.4 Å². The summed E-state index contributed by atoms with van der Waals surface area (Å²) < 4.78 is 5.53. The molecule has 1 unspecified atom stereocenters. The Bertz CT molecular complexity index is 381. The van der Waals surface area contributed by atoms with Crippen LogP contribution in [0, 0.1) is 6.92 Å². The average molecular weight is 235 g/mol. The van der Waals surface area contributed by atoms with Gasteiger partial charge in [0.25, 0.3) is 0 Å². The first-order valence-corrected chi connectivity index (χ1v) is 6.27. The number of ether oxygens (including phenoxy) is 1. The van der Waals surface area contributed by atoms with Crippen LogP contribution in [-0.4, -0.2) is 30.8 Å². The number of hydrogen-bond acceptors (Lipinski definition) is 4. The van der Waals surface area contributed by atoms with E-state index in [0.29, 0.717) is 12.6 Å². The molecule has 1 saturated heterocycles. The maximum absolute atomic E-state index is 5.80. The average Bonchev–Trinajstić information content (AvgIpc) is 2.38. The fraction of sp³-hybridized carbons (Fsp3) is 0.615. The lowest BCUT2D eigenvalue weighted by Crippen LogP contribution is -2.46. The fourth-order valence-electron chi connectivity index (χ4n) is 2.25. The fourth-order valence-corrected chi connectivity index (χ4v) is 2.25. The Kier molecular flexibility index (Phi) is 3.97. The Morgan fingerprint density at radius 3 is 3.06 bits per heavy atom. The van der Waals surface area contributed by atoms with Crippen molar-refractivity contribution in [3.63, 3.8) is 0 Å². The number of pyridine rings is 1. The first-order valence-electron chi connectivity index (χ1n) is 6.27. The monoisotopic (exact) mass is 235 g/mol. The maximum Gasteiger partial charge on any atom is 0.133 e. The van der Waals surface area contributed by atoms with E-state index < -0.39 is 0 Å². The van der Waals surface area contributed by atoms with E-state index in [2.05, 4.69) is 22.9 Å². The van der Waals surface area contributed by atoms with E-state index in [1.807, 2.05) is 13.0 Å². The molecule has 0 bridgehead atoms. The topological polar surface area (TPSA) is 51.4 Å². The smallest absolute Gasteiger partial charge is 0.133 e. The molecule has 0 spiro atoms. The Balaban J connectivity index is 2.33. The number of rotatable bonds is 3. The van der Waals surface area contributed by atoms with E-state index in [0.717, 1.165) is 43.3 Å². The van der Waals surface area contributed by atoms with E-state index >= 15 is 0 Å². The van der Waals surface area contributed by atoms with Gasteiger partial charge in [0.05, 0.1) is 19.3 Å². The summed E-state index contributed by atoms with van der Waals surface area (Å²) in [5, 5.41) is 0. The summed E-state index contributed by atoms with van der Waals surface area (Å²) in [6.07, 6.45) is 1.07. The molecule has 17 heavy (non-hydrogen) atoms. The molecular formula is C13H21N3O. The molecule has 2 heterocycles. The van der Waals surface area contributed by atoms with Crippen molar-refractivity contribution in [3.8, 4) is 0 Å². The molecular weight excluding hydrogens is 214 g/mol. The van der Waals surface area contributed by atoms with Crippen LogP contribution in [0.3, 0.4) is 0 Å². The van der Waals surface area contributed by atoms with Crippen LogP contribution < -0.4 is 10.6 Å². The van der Waals surface area contributed by atoms with Crippen molar-refractivity contribution in [1.29, 1.82) is 0 Å². The van der Waals surface area contributed by atoms with Crippen molar-refractivity contribution >= 4 is 5.82 Å². The van der Waals surface area contributed by atoms with Gasteiger partial charge < -0.3 is 15.4 Å². The number of aromatic nitrogens is 1. The van der Waals surface area contributed by atoms with Crippen molar-refractivity contribution in [2.45, 2.75) is 32.9 Å². The number of aryl methyl sites for hydroxylation is 1. The SMILES string of the molecule is CCC1COCCN1c1nc(C)ccc1CN. The molecule has 0 radical (unpaired) electrons. The summed E-state index contributed by atoms with van der Waals surface area (Å²) in [5.74, 6) is 1.04. The lowest BCUT2D eigenvalue weighted by Gasteiger charge is -2.37. The highest BCUT2D eigenvalue weighted by Gasteiger charge is 2.24. The predicted octanol–water partition coefficient (Wildman–Crippen LogP) is 1.46. The molecule has 2 N–H and O–H groups in total. The zero-order valence-electron chi connectivity index (χ0n) is 10.6. The first kappa shape index (κ1) is 12.3. The van der Waals surface area contributed by atoms with Gasteiger partial charge in [-0.1, -0.05) is 13.0 Å². The zero-order valence-corrected chi connectivity index (χ0v) is 10.6. The third-order valence-corrected chi connectivity index (χ3v) is 3.29. The summed E-state index contributed by atoms with van der Waals surface area (Å²) in [5.41, 5.74) is 7.96. The van der Waals surface area contributed by atoms with Crippen LogP contribution in [0.25, 0.3) is 0 Å². The molecule has 2 rings (SSSR count). The molecule has 1 aromatic rings. The minimum Gasteiger partial charge on any atom is -0.377 e. The number of nitrogens with two attached hydrogens (primary N) is 1. The quantitative estimate of drug-likeness (QED) is 0.862. The van der Waals surface area contributed by atoms with Crippen molar-refractivity contribution in [2.24, 2.45) is 5.73 Å². The van der Waals surface area contributed by atoms with E-state index in [1.54, 1.807) is 0 Å². The van der Waals surface area contributed by atoms with E-state index in [9.17, 15) is 0 Å². The number of morpholine rings is 1. The van der Waals surface area contributed by atoms with Gasteiger partial charge in [-0.15, -0.1) is 0 Å². The lowest BCUT2D eigenvalue weighted by atomic mass is 10.1. The number of nitrogens with zero attached hydrogens (tertiary/aromatic N) is 2. The van der Waals surface area contributed by atoms with Gasteiger partial charge in [-0.25, -0.2) is 4.98 Å². The molecule has 0 amide bonds. The minimum atomic E-state index is 0.420. The highest BCUT2D eigenvalue weighted by Crippen LogP contribution is 2.23. The van der Waals surface area contributed by atoms with Crippen LogP contribution in [0.4, 0.5) is 5.82 Å². The molecule has 1 aromatic heterocycles. The molecule has 1 fully saturated rings. The highest BCUT2D eigenvalue weighted by atomic mass is 16.5. The molecule has 1 aliphatic rings. The van der Waals surface area contributed by atoms with E-state index in [4.69, 9.17) is 10.5 Å². The van der Waals surface area contributed by atoms with Gasteiger partial charge in [-0.05, 0) is 19.4 Å². The molecule has 1 aliphatic heterocycles. The Hall–Kier alpha value is -1.13. The Morgan fingerprint density at radius 1 is 1.53 bits per heavy atom. The Morgan fingerprint density at radius 2 is 2.35 bits per heavy atom. The molecule has 0 saturated carbocycles. The van der Waals surface area contributed by atoms with Crippen molar-refractivity contribution < 1.29 is 4.74 Å². The van der Waals surface area contributed by atoms with Crippen LogP contribution in [-0.2, 0) is 11.3 Å². The third-order valence-electron chi connectivity index (χ3n) is 3.29. The summed E-state index contributed by atoms with van der Waals surface area (Å²) in [7, 11) is 0. The Labute approximate surface area is 103 Å². The minimum absolute atomic E-state index is 0.420. The molecule has 94 valence electrons. The van der Waals surface area contributed by atoms with Crippen LogP contribution in [0.2, 0.25) is 0 Å². The van der Waals surface area contributed by atoms with Gasteiger partial charge in [0.15, 0.2) is 0 Å². The molecule has 0 aliphatic carbocycles. The van der Waals surface area contributed by atoms with Gasteiger partial charge in [-0.2, -0.15) is 0 Å². The van der Waals surface area contributed by atoms with Gasteiger partial charge in [0.1, 0.15) is 5.82 Å². The van der Waals surface area contributed by atoms with Crippen LogP contribution >= 0.6 is 0 Å². The molecule has 1 atom stereocenters. The van der Waals surface area contributed by atoms with Crippen LogP contribution in [0.5, 0.6) is 0 Å². The summed E-state index contributed by atoms with van der Waals surface area (Å²) in [6.45, 7) is 7.21. The van der Waals surface area contributed by atoms with Crippen molar-refractivity contribution in [2.75, 3.05) is 24.7 Å². The van der Waals surface area contributed by atoms with Gasteiger partial charge >= 0.3 is 0 Å². The largest absolute Gasteiger partial charge is 0.377 e. The van der Waals surface area contributed by atoms with E-state index in [-0.39, 0.29) is 0 Å². The standard InChI is InChI=1S/C13H21N3O/c1-3-12-9-17-7-6-16(12)13-11(8-14)5-4-10(2)15-13/h4-5,12H,3,6-9,14H2,1-2H3. The molecule has 4 nitrogen and oxygen atoms in total. The number of anilines is 1. The van der Waals surface area contributed by atoms with Crippen molar-refractivity contribution in [1.82, 2.24) is 4.98 Å². The van der Waals surface area contributed by atoms with E-state index in [1.165, 1.54) is 0 Å². The van der Waals surface area contributed by atoms with Gasteiger partial charge in [0, 0.05) is 24.3 Å². The van der Waals surface area contributed by atoms with Crippen LogP contribution in [0.1, 0.15) is 24.6 Å². The zero-order chi connectivity index (χ0) is 12.3. The second-order valence-electron chi connectivity index (χ2n) is 4.47. The number of hydrogen-bond donors (Lipinski definition) is 1.